The van der Waals surface area contributed by atoms with Gasteiger partial charge in [-0.15, -0.1) is 0 Å². The van der Waals surface area contributed by atoms with Gasteiger partial charge in [-0.25, -0.2) is 5.43 Å². The number of nitrogens with one attached hydrogen (secondary N) is 1. The Kier molecular flexibility index (Phi) is 4.35. The number of nitrogens with two attached hydrogens (primary N) is 1. The van der Waals surface area contributed by atoms with Crippen molar-refractivity contribution in [3.8, 4) is 0 Å². The highest BCUT2D eigenvalue weighted by Crippen LogP contribution is 2.30. The Morgan fingerprint density at radius 3 is 2.72 bits per heavy atom. The summed E-state index contributed by atoms with van der Waals surface area (Å²) in [5, 5.41) is 0.675. The van der Waals surface area contributed by atoms with Crippen molar-refractivity contribution in [1.82, 2.24) is 10.4 Å². The first-order valence-electron chi connectivity index (χ1n) is 5.45. The molecule has 94 valence electrons. The molecule has 0 saturated carbocycles. The summed E-state index contributed by atoms with van der Waals surface area (Å²) in [5.74, 6) is 5.65. The molecule has 0 bridgehead atoms. The lowest BCUT2D eigenvalue weighted by Gasteiger charge is -2.18. The summed E-state index contributed by atoms with van der Waals surface area (Å²) in [5.41, 5.74) is 5.74. The molecule has 0 aliphatic carbocycles. The van der Waals surface area contributed by atoms with Crippen molar-refractivity contribution in [2.75, 3.05) is 0 Å². The zero-order chi connectivity index (χ0) is 13.1. The molecule has 0 saturated heterocycles. The van der Waals surface area contributed by atoms with Gasteiger partial charge in [-0.3, -0.25) is 10.8 Å². The van der Waals surface area contributed by atoms with Crippen LogP contribution in [0.2, 0.25) is 5.02 Å². The largest absolute Gasteiger partial charge is 0.271 e. The van der Waals surface area contributed by atoms with Gasteiger partial charge in [0.2, 0.25) is 0 Å². The van der Waals surface area contributed by atoms with E-state index >= 15 is 0 Å². The Morgan fingerprint density at radius 2 is 2.11 bits per heavy atom. The van der Waals surface area contributed by atoms with Gasteiger partial charge in [-0.05, 0) is 42.3 Å². The molecule has 0 spiro atoms. The molecule has 0 aliphatic rings. The second-order valence-electron chi connectivity index (χ2n) is 4.00. The number of hydrogen-bond donors (Lipinski definition) is 2. The van der Waals surface area contributed by atoms with Crippen molar-refractivity contribution < 1.29 is 0 Å². The Morgan fingerprint density at radius 1 is 1.33 bits per heavy atom. The molecular weight excluding hydrogens is 314 g/mol. The molecule has 2 aromatic rings. The average molecular weight is 327 g/mol. The molecule has 5 heteroatoms. The highest BCUT2D eigenvalue weighted by atomic mass is 79.9. The molecule has 0 radical (unpaired) electrons. The summed E-state index contributed by atoms with van der Waals surface area (Å²) < 4.78 is 0.954. The molecular formula is C13H13BrClN3. The Labute approximate surface area is 119 Å². The molecule has 0 aliphatic heterocycles. The smallest absolute Gasteiger partial charge is 0.0736 e. The van der Waals surface area contributed by atoms with E-state index in [0.29, 0.717) is 5.02 Å². The first kappa shape index (κ1) is 13.5. The fraction of sp³-hybridized carbons (Fsp3) is 0.154. The number of hydrazine groups is 1. The van der Waals surface area contributed by atoms with E-state index in [2.05, 4.69) is 26.3 Å². The van der Waals surface area contributed by atoms with Crippen LogP contribution >= 0.6 is 27.5 Å². The number of rotatable bonds is 3. The van der Waals surface area contributed by atoms with Gasteiger partial charge >= 0.3 is 0 Å². The highest BCUT2D eigenvalue weighted by molar-refractivity contribution is 9.10. The van der Waals surface area contributed by atoms with Crippen molar-refractivity contribution in [3.05, 3.63) is 62.8 Å². The first-order valence-corrected chi connectivity index (χ1v) is 6.62. The van der Waals surface area contributed by atoms with E-state index in [9.17, 15) is 0 Å². The van der Waals surface area contributed by atoms with Crippen molar-refractivity contribution in [1.29, 1.82) is 0 Å². The van der Waals surface area contributed by atoms with Gasteiger partial charge in [-0.1, -0.05) is 33.6 Å². The summed E-state index contributed by atoms with van der Waals surface area (Å²) in [6.07, 6.45) is 1.81. The third-order valence-electron chi connectivity index (χ3n) is 2.70. The molecule has 2 rings (SSSR count). The molecule has 1 unspecified atom stereocenters. The maximum Gasteiger partial charge on any atom is 0.0736 e. The number of nitrogens with zero attached hydrogens (tertiary/aromatic N) is 1. The van der Waals surface area contributed by atoms with E-state index in [0.717, 1.165) is 21.3 Å². The lowest BCUT2D eigenvalue weighted by molar-refractivity contribution is 0.632. The Balaban J connectivity index is 2.44. The number of benzene rings is 1. The molecule has 0 amide bonds. The topological polar surface area (TPSA) is 50.9 Å². The monoisotopic (exact) mass is 325 g/mol. The summed E-state index contributed by atoms with van der Waals surface area (Å²) >= 11 is 9.53. The Bertz CT molecular complexity index is 542. The molecule has 0 fully saturated rings. The highest BCUT2D eigenvalue weighted by Gasteiger charge is 2.16. The van der Waals surface area contributed by atoms with Gasteiger partial charge in [0.05, 0.1) is 6.04 Å². The average Bonchev–Trinajstić information content (AvgIpc) is 2.37. The molecule has 1 heterocycles. The molecule has 18 heavy (non-hydrogen) atoms. The molecule has 1 aromatic carbocycles. The zero-order valence-electron chi connectivity index (χ0n) is 9.82. The lowest BCUT2D eigenvalue weighted by Crippen LogP contribution is -2.29. The number of aromatic nitrogens is 1. The van der Waals surface area contributed by atoms with Crippen LogP contribution in [0.25, 0.3) is 0 Å². The van der Waals surface area contributed by atoms with Gasteiger partial charge in [0.15, 0.2) is 0 Å². The van der Waals surface area contributed by atoms with Crippen LogP contribution in [0.4, 0.5) is 0 Å². The van der Waals surface area contributed by atoms with E-state index < -0.39 is 0 Å². The minimum absolute atomic E-state index is 0.147. The van der Waals surface area contributed by atoms with Gasteiger partial charge < -0.3 is 0 Å². The molecule has 3 nitrogen and oxygen atoms in total. The van der Waals surface area contributed by atoms with Crippen LogP contribution in [0.1, 0.15) is 22.9 Å². The molecule has 1 aromatic heterocycles. The van der Waals surface area contributed by atoms with Gasteiger partial charge in [-0.2, -0.15) is 0 Å². The first-order chi connectivity index (χ1) is 8.61. The molecule has 1 atom stereocenters. The minimum Gasteiger partial charge on any atom is -0.271 e. The van der Waals surface area contributed by atoms with Gasteiger partial charge in [0, 0.05) is 21.4 Å². The van der Waals surface area contributed by atoms with Crippen LogP contribution in [0.15, 0.2) is 41.0 Å². The Hall–Kier alpha value is -0.940. The van der Waals surface area contributed by atoms with Crippen molar-refractivity contribution in [2.45, 2.75) is 13.0 Å². The van der Waals surface area contributed by atoms with Crippen LogP contribution in [0.5, 0.6) is 0 Å². The zero-order valence-corrected chi connectivity index (χ0v) is 12.2. The molecule has 3 N–H and O–H groups in total. The number of halogens is 2. The number of hydrogen-bond acceptors (Lipinski definition) is 3. The maximum absolute atomic E-state index is 6.03. The minimum atomic E-state index is -0.147. The predicted octanol–water partition coefficient (Wildman–Crippen LogP) is 3.36. The summed E-state index contributed by atoms with van der Waals surface area (Å²) in [7, 11) is 0. The fourth-order valence-electron chi connectivity index (χ4n) is 1.75. The number of pyridine rings is 1. The number of aryl methyl sites for hydroxylation is 1. The van der Waals surface area contributed by atoms with Crippen LogP contribution in [0.3, 0.4) is 0 Å². The quantitative estimate of drug-likeness (QED) is 0.672. The van der Waals surface area contributed by atoms with E-state index in [1.807, 2.05) is 43.5 Å². The van der Waals surface area contributed by atoms with Gasteiger partial charge in [0.1, 0.15) is 0 Å². The second kappa shape index (κ2) is 5.80. The van der Waals surface area contributed by atoms with Crippen molar-refractivity contribution in [2.24, 2.45) is 5.84 Å². The van der Waals surface area contributed by atoms with Crippen LogP contribution < -0.4 is 11.3 Å². The van der Waals surface area contributed by atoms with E-state index in [4.69, 9.17) is 17.4 Å². The third kappa shape index (κ3) is 2.90. The van der Waals surface area contributed by atoms with Crippen LogP contribution in [-0.4, -0.2) is 4.98 Å². The van der Waals surface area contributed by atoms with E-state index in [-0.39, 0.29) is 6.04 Å². The van der Waals surface area contributed by atoms with Gasteiger partial charge in [0.25, 0.3) is 0 Å². The maximum atomic E-state index is 6.03. The van der Waals surface area contributed by atoms with Crippen molar-refractivity contribution in [3.63, 3.8) is 0 Å². The normalized spacial score (nSPS) is 12.4. The standard InChI is InChI=1S/C13H13BrClN3/c1-8-2-3-9(7-17-8)13(18-16)11-6-10(15)4-5-12(11)14/h2-7,13,18H,16H2,1H3. The van der Waals surface area contributed by atoms with E-state index in [1.165, 1.54) is 0 Å². The lowest BCUT2D eigenvalue weighted by atomic mass is 10.0. The SMILES string of the molecule is Cc1ccc(C(NN)c2cc(Cl)ccc2Br)cn1. The summed E-state index contributed by atoms with van der Waals surface area (Å²) in [6, 6.07) is 9.43. The van der Waals surface area contributed by atoms with Crippen LogP contribution in [0, 0.1) is 6.92 Å². The van der Waals surface area contributed by atoms with E-state index in [1.54, 1.807) is 0 Å². The van der Waals surface area contributed by atoms with Crippen molar-refractivity contribution >= 4 is 27.5 Å². The summed E-state index contributed by atoms with van der Waals surface area (Å²) in [4.78, 5) is 4.28. The summed E-state index contributed by atoms with van der Waals surface area (Å²) in [6.45, 7) is 1.95. The fourth-order valence-corrected chi connectivity index (χ4v) is 2.41. The third-order valence-corrected chi connectivity index (χ3v) is 3.66. The second-order valence-corrected chi connectivity index (χ2v) is 5.29. The van der Waals surface area contributed by atoms with Crippen LogP contribution in [-0.2, 0) is 0 Å². The predicted molar refractivity (Wildman–Crippen MR) is 77.3 cm³/mol.